The Bertz CT molecular complexity index is 186. The van der Waals surface area contributed by atoms with E-state index >= 15 is 0 Å². The smallest absolute Gasteiger partial charge is 0.0733 e. The van der Waals surface area contributed by atoms with Gasteiger partial charge in [0.05, 0.1) is 18.8 Å². The van der Waals surface area contributed by atoms with Gasteiger partial charge in [0.25, 0.3) is 0 Å². The Hall–Kier alpha value is -0.120. The summed E-state index contributed by atoms with van der Waals surface area (Å²) in [6, 6.07) is 0.596. The largest absolute Gasteiger partial charge is 0.380 e. The molecule has 2 heterocycles. The van der Waals surface area contributed by atoms with E-state index in [1.165, 1.54) is 32.1 Å². The van der Waals surface area contributed by atoms with Crippen LogP contribution in [0.15, 0.2) is 0 Å². The van der Waals surface area contributed by atoms with Gasteiger partial charge >= 0.3 is 0 Å². The highest BCUT2D eigenvalue weighted by Gasteiger charge is 2.40. The van der Waals surface area contributed by atoms with E-state index in [9.17, 15) is 0 Å². The van der Waals surface area contributed by atoms with E-state index in [-0.39, 0.29) is 0 Å². The molecule has 0 aliphatic carbocycles. The highest BCUT2D eigenvalue weighted by atomic mass is 16.5. The highest BCUT2D eigenvalue weighted by Crippen LogP contribution is 2.34. The van der Waals surface area contributed by atoms with E-state index in [4.69, 9.17) is 9.47 Å². The van der Waals surface area contributed by atoms with Gasteiger partial charge in [0, 0.05) is 19.2 Å². The zero-order valence-corrected chi connectivity index (χ0v) is 9.71. The van der Waals surface area contributed by atoms with Crippen LogP contribution in [-0.2, 0) is 9.47 Å². The summed E-state index contributed by atoms with van der Waals surface area (Å²) in [5.41, 5.74) is 0. The third-order valence-corrected chi connectivity index (χ3v) is 3.40. The predicted molar refractivity (Wildman–Crippen MR) is 60.0 cm³/mol. The molecular weight excluding hydrogens is 190 g/mol. The van der Waals surface area contributed by atoms with Gasteiger partial charge in [-0.15, -0.1) is 0 Å². The van der Waals surface area contributed by atoms with Crippen LogP contribution in [-0.4, -0.2) is 38.0 Å². The number of fused-ring (bicyclic) bond motifs is 2. The quantitative estimate of drug-likeness (QED) is 0.653. The van der Waals surface area contributed by atoms with E-state index in [0.29, 0.717) is 18.2 Å². The molecule has 2 aliphatic heterocycles. The summed E-state index contributed by atoms with van der Waals surface area (Å²) in [5.74, 6) is 0. The van der Waals surface area contributed by atoms with Crippen LogP contribution >= 0.6 is 0 Å². The summed E-state index contributed by atoms with van der Waals surface area (Å²) in [6.07, 6.45) is 7.17. The van der Waals surface area contributed by atoms with Gasteiger partial charge in [-0.05, 0) is 25.7 Å². The van der Waals surface area contributed by atoms with Gasteiger partial charge in [-0.1, -0.05) is 13.3 Å². The number of hydrogen-bond donors (Lipinski definition) is 1. The summed E-state index contributed by atoms with van der Waals surface area (Å²) in [7, 11) is 0. The molecule has 15 heavy (non-hydrogen) atoms. The van der Waals surface area contributed by atoms with E-state index < -0.39 is 0 Å². The Morgan fingerprint density at radius 1 is 1.33 bits per heavy atom. The molecule has 2 rings (SSSR count). The summed E-state index contributed by atoms with van der Waals surface area (Å²) >= 11 is 0. The Morgan fingerprint density at radius 3 is 2.93 bits per heavy atom. The van der Waals surface area contributed by atoms with Gasteiger partial charge in [-0.2, -0.15) is 0 Å². The van der Waals surface area contributed by atoms with E-state index in [1.54, 1.807) is 0 Å². The van der Waals surface area contributed by atoms with E-state index in [2.05, 4.69) is 12.2 Å². The zero-order valence-electron chi connectivity index (χ0n) is 9.71. The van der Waals surface area contributed by atoms with Crippen molar-refractivity contribution in [3.05, 3.63) is 0 Å². The van der Waals surface area contributed by atoms with Crippen LogP contribution in [0, 0.1) is 0 Å². The lowest BCUT2D eigenvalue weighted by molar-refractivity contribution is 0.0937. The fraction of sp³-hybridized carbons (Fsp3) is 1.00. The average Bonchev–Trinajstić information content (AvgIpc) is 2.85. The lowest BCUT2D eigenvalue weighted by atomic mass is 9.95. The molecule has 0 aromatic carbocycles. The molecule has 0 saturated carbocycles. The minimum Gasteiger partial charge on any atom is -0.380 e. The molecule has 0 amide bonds. The molecule has 2 saturated heterocycles. The minimum atomic E-state index is 0.491. The molecule has 0 spiro atoms. The standard InChI is InChI=1S/C12H23NO2/c1-2-3-7-14-8-6-13-11-9-10-4-5-12(11)15-10/h10-13H,2-9H2,1H3. The van der Waals surface area contributed by atoms with Crippen molar-refractivity contribution in [2.24, 2.45) is 0 Å². The number of unbranched alkanes of at least 4 members (excludes halogenated alkanes) is 1. The van der Waals surface area contributed by atoms with Crippen LogP contribution in [0.4, 0.5) is 0 Å². The zero-order chi connectivity index (χ0) is 10.5. The van der Waals surface area contributed by atoms with Crippen LogP contribution in [0.25, 0.3) is 0 Å². The third-order valence-electron chi connectivity index (χ3n) is 3.40. The number of hydrogen-bond acceptors (Lipinski definition) is 3. The fourth-order valence-electron chi connectivity index (χ4n) is 2.52. The van der Waals surface area contributed by atoms with E-state index in [1.807, 2.05) is 0 Å². The van der Waals surface area contributed by atoms with Gasteiger partial charge in [0.15, 0.2) is 0 Å². The van der Waals surface area contributed by atoms with Gasteiger partial charge < -0.3 is 14.8 Å². The van der Waals surface area contributed by atoms with Crippen molar-refractivity contribution < 1.29 is 9.47 Å². The van der Waals surface area contributed by atoms with Crippen LogP contribution in [0.5, 0.6) is 0 Å². The molecule has 3 atom stereocenters. The van der Waals surface area contributed by atoms with Crippen molar-refractivity contribution in [1.82, 2.24) is 5.32 Å². The first-order valence-electron chi connectivity index (χ1n) is 6.36. The lowest BCUT2D eigenvalue weighted by Crippen LogP contribution is -2.39. The van der Waals surface area contributed by atoms with Gasteiger partial charge in [0.2, 0.25) is 0 Å². The molecule has 0 aromatic heterocycles. The Kier molecular flexibility index (Phi) is 4.42. The second kappa shape index (κ2) is 5.83. The van der Waals surface area contributed by atoms with Gasteiger partial charge in [0.1, 0.15) is 0 Å². The molecule has 3 unspecified atom stereocenters. The molecule has 2 fully saturated rings. The van der Waals surface area contributed by atoms with Crippen LogP contribution in [0.2, 0.25) is 0 Å². The third kappa shape index (κ3) is 3.16. The molecule has 0 aromatic rings. The fourth-order valence-corrected chi connectivity index (χ4v) is 2.52. The normalized spacial score (nSPS) is 33.8. The van der Waals surface area contributed by atoms with Crippen LogP contribution in [0.1, 0.15) is 39.0 Å². The SMILES string of the molecule is CCCCOCCNC1CC2CCC1O2. The van der Waals surface area contributed by atoms with Crippen LogP contribution < -0.4 is 5.32 Å². The summed E-state index contributed by atoms with van der Waals surface area (Å²) < 4.78 is 11.3. The first kappa shape index (κ1) is 11.4. The molecule has 3 heteroatoms. The van der Waals surface area contributed by atoms with Gasteiger partial charge in [-0.3, -0.25) is 0 Å². The molecular formula is C12H23NO2. The summed E-state index contributed by atoms with van der Waals surface area (Å²) in [4.78, 5) is 0. The molecule has 88 valence electrons. The van der Waals surface area contributed by atoms with Crippen molar-refractivity contribution in [3.63, 3.8) is 0 Å². The minimum absolute atomic E-state index is 0.491. The second-order valence-electron chi connectivity index (χ2n) is 4.64. The number of nitrogens with one attached hydrogen (secondary N) is 1. The Labute approximate surface area is 92.5 Å². The molecule has 0 radical (unpaired) electrons. The van der Waals surface area contributed by atoms with E-state index in [0.717, 1.165) is 19.8 Å². The summed E-state index contributed by atoms with van der Waals surface area (Å²) in [6.45, 7) is 4.91. The topological polar surface area (TPSA) is 30.5 Å². The summed E-state index contributed by atoms with van der Waals surface area (Å²) in [5, 5.41) is 3.54. The Balaban J connectivity index is 1.48. The van der Waals surface area contributed by atoms with Crippen molar-refractivity contribution in [3.8, 4) is 0 Å². The predicted octanol–water partition coefficient (Wildman–Crippen LogP) is 1.71. The maximum atomic E-state index is 5.78. The Morgan fingerprint density at radius 2 is 2.27 bits per heavy atom. The number of ether oxygens (including phenoxy) is 2. The molecule has 2 aliphatic rings. The van der Waals surface area contributed by atoms with Crippen molar-refractivity contribution in [2.75, 3.05) is 19.8 Å². The van der Waals surface area contributed by atoms with Crippen molar-refractivity contribution in [1.29, 1.82) is 0 Å². The van der Waals surface area contributed by atoms with Gasteiger partial charge in [-0.25, -0.2) is 0 Å². The molecule has 1 N–H and O–H groups in total. The lowest BCUT2D eigenvalue weighted by Gasteiger charge is -2.19. The van der Waals surface area contributed by atoms with Crippen LogP contribution in [0.3, 0.4) is 0 Å². The maximum Gasteiger partial charge on any atom is 0.0733 e. The van der Waals surface area contributed by atoms with Crippen molar-refractivity contribution in [2.45, 2.75) is 57.3 Å². The number of rotatable bonds is 7. The van der Waals surface area contributed by atoms with Crippen molar-refractivity contribution >= 4 is 0 Å². The first-order valence-corrected chi connectivity index (χ1v) is 6.36. The monoisotopic (exact) mass is 213 g/mol. The first-order chi connectivity index (χ1) is 7.40. The maximum absolute atomic E-state index is 5.78. The second-order valence-corrected chi connectivity index (χ2v) is 4.64. The average molecular weight is 213 g/mol. The molecule has 2 bridgehead atoms. The highest BCUT2D eigenvalue weighted by molar-refractivity contribution is 4.93. The molecule has 3 nitrogen and oxygen atoms in total.